The summed E-state index contributed by atoms with van der Waals surface area (Å²) in [5.74, 6) is -0.407. The minimum absolute atomic E-state index is 0.161. The van der Waals surface area contributed by atoms with Crippen LogP contribution in [-0.4, -0.2) is 38.1 Å². The van der Waals surface area contributed by atoms with E-state index >= 15 is 0 Å². The van der Waals surface area contributed by atoms with Crippen LogP contribution in [0, 0.1) is 6.92 Å². The monoisotopic (exact) mass is 337 g/mol. The summed E-state index contributed by atoms with van der Waals surface area (Å²) < 4.78 is 5.50. The fourth-order valence-electron chi connectivity index (χ4n) is 3.29. The van der Waals surface area contributed by atoms with Crippen LogP contribution in [0.2, 0.25) is 5.02 Å². The first-order valence-corrected chi connectivity index (χ1v) is 8.01. The van der Waals surface area contributed by atoms with E-state index in [4.69, 9.17) is 22.1 Å². The molecule has 1 aromatic carbocycles. The van der Waals surface area contributed by atoms with E-state index in [9.17, 15) is 9.59 Å². The van der Waals surface area contributed by atoms with Crippen molar-refractivity contribution < 1.29 is 14.3 Å². The quantitative estimate of drug-likeness (QED) is 0.813. The maximum absolute atomic E-state index is 12.2. The molecular formula is C16H20ClN3O3. The summed E-state index contributed by atoms with van der Waals surface area (Å²) in [4.78, 5) is 25.6. The number of nitrogens with one attached hydrogen (secondary N) is 1. The molecule has 23 heavy (non-hydrogen) atoms. The van der Waals surface area contributed by atoms with Gasteiger partial charge < -0.3 is 15.4 Å². The van der Waals surface area contributed by atoms with Crippen LogP contribution in [0.3, 0.4) is 0 Å². The molecular weight excluding hydrogens is 318 g/mol. The molecule has 7 heteroatoms. The Bertz CT molecular complexity index is 671. The van der Waals surface area contributed by atoms with Gasteiger partial charge in [0.2, 0.25) is 11.8 Å². The average Bonchev–Trinajstić information content (AvgIpc) is 2.45. The third-order valence-electron chi connectivity index (χ3n) is 4.49. The van der Waals surface area contributed by atoms with E-state index in [0.717, 1.165) is 29.9 Å². The molecule has 3 rings (SSSR count). The van der Waals surface area contributed by atoms with E-state index in [0.29, 0.717) is 23.6 Å². The first-order valence-electron chi connectivity index (χ1n) is 7.63. The Balaban J connectivity index is 2.01. The lowest BCUT2D eigenvalue weighted by atomic mass is 9.87. The molecule has 0 aromatic heterocycles. The van der Waals surface area contributed by atoms with Crippen LogP contribution in [-0.2, 0) is 9.59 Å². The number of anilines is 1. The Hall–Kier alpha value is -1.79. The molecule has 2 saturated heterocycles. The number of amides is 2. The maximum Gasteiger partial charge on any atom is 0.234 e. The molecule has 1 atom stereocenters. The van der Waals surface area contributed by atoms with E-state index in [2.05, 4.69) is 10.2 Å². The van der Waals surface area contributed by atoms with Gasteiger partial charge in [0, 0.05) is 25.6 Å². The normalized spacial score (nSPS) is 21.9. The molecule has 2 fully saturated rings. The molecule has 2 amide bonds. The van der Waals surface area contributed by atoms with Crippen molar-refractivity contribution in [3.8, 4) is 5.75 Å². The number of carbonyl (C=O) groups excluding carboxylic acids is 2. The molecule has 0 radical (unpaired) electrons. The zero-order valence-corrected chi connectivity index (χ0v) is 13.9. The van der Waals surface area contributed by atoms with Crippen molar-refractivity contribution >= 4 is 29.1 Å². The Morgan fingerprint density at radius 3 is 2.65 bits per heavy atom. The van der Waals surface area contributed by atoms with Crippen LogP contribution in [0.25, 0.3) is 0 Å². The van der Waals surface area contributed by atoms with Gasteiger partial charge in [-0.05, 0) is 30.5 Å². The average molecular weight is 338 g/mol. The topological polar surface area (TPSA) is 84.7 Å². The standard InChI is InChI=1S/C16H20ClN3O3/c1-8-5-11(20-6-9(18)7-20)15(23-2)14(17)13(8)10-3-4-12(21)19-16(10)22/h5,9-10H,3-4,6-7,18H2,1-2H3,(H,19,21,22). The van der Waals surface area contributed by atoms with Crippen LogP contribution in [0.5, 0.6) is 5.75 Å². The third-order valence-corrected chi connectivity index (χ3v) is 4.86. The summed E-state index contributed by atoms with van der Waals surface area (Å²) in [5, 5.41) is 2.82. The summed E-state index contributed by atoms with van der Waals surface area (Å²) in [5.41, 5.74) is 8.40. The van der Waals surface area contributed by atoms with Gasteiger partial charge in [0.1, 0.15) is 0 Å². The van der Waals surface area contributed by atoms with Crippen molar-refractivity contribution in [2.45, 2.75) is 31.7 Å². The van der Waals surface area contributed by atoms with Gasteiger partial charge in [-0.15, -0.1) is 0 Å². The highest BCUT2D eigenvalue weighted by molar-refractivity contribution is 6.34. The lowest BCUT2D eigenvalue weighted by molar-refractivity contribution is -0.134. The predicted octanol–water partition coefficient (Wildman–Crippen LogP) is 1.32. The number of benzene rings is 1. The molecule has 124 valence electrons. The second kappa shape index (κ2) is 6.02. The van der Waals surface area contributed by atoms with Crippen molar-refractivity contribution in [2.75, 3.05) is 25.1 Å². The molecule has 2 aliphatic heterocycles. The molecule has 0 aliphatic carbocycles. The number of nitrogens with zero attached hydrogens (tertiary/aromatic N) is 1. The number of methoxy groups -OCH3 is 1. The Morgan fingerprint density at radius 1 is 1.39 bits per heavy atom. The molecule has 2 heterocycles. The van der Waals surface area contributed by atoms with Crippen LogP contribution in [0.1, 0.15) is 29.9 Å². The van der Waals surface area contributed by atoms with Gasteiger partial charge in [0.05, 0.1) is 23.7 Å². The van der Waals surface area contributed by atoms with Crippen LogP contribution >= 0.6 is 11.6 Å². The zero-order valence-electron chi connectivity index (χ0n) is 13.2. The fourth-order valence-corrected chi connectivity index (χ4v) is 3.75. The molecule has 6 nitrogen and oxygen atoms in total. The number of hydrogen-bond acceptors (Lipinski definition) is 5. The minimum atomic E-state index is -0.429. The predicted molar refractivity (Wildman–Crippen MR) is 88.1 cm³/mol. The van der Waals surface area contributed by atoms with E-state index < -0.39 is 5.92 Å². The molecule has 0 spiro atoms. The van der Waals surface area contributed by atoms with E-state index in [1.165, 1.54) is 0 Å². The highest BCUT2D eigenvalue weighted by atomic mass is 35.5. The highest BCUT2D eigenvalue weighted by Gasteiger charge is 2.34. The number of aryl methyl sites for hydroxylation is 1. The largest absolute Gasteiger partial charge is 0.493 e. The van der Waals surface area contributed by atoms with Crippen molar-refractivity contribution in [1.29, 1.82) is 0 Å². The number of imide groups is 1. The van der Waals surface area contributed by atoms with Crippen LogP contribution in [0.4, 0.5) is 5.69 Å². The van der Waals surface area contributed by atoms with Gasteiger partial charge in [0.25, 0.3) is 0 Å². The highest BCUT2D eigenvalue weighted by Crippen LogP contribution is 2.45. The lowest BCUT2D eigenvalue weighted by Crippen LogP contribution is -2.56. The lowest BCUT2D eigenvalue weighted by Gasteiger charge is -2.40. The first kappa shape index (κ1) is 16.1. The summed E-state index contributed by atoms with van der Waals surface area (Å²) >= 11 is 6.57. The Kier molecular flexibility index (Phi) is 4.21. The zero-order chi connectivity index (χ0) is 16.7. The van der Waals surface area contributed by atoms with Gasteiger partial charge >= 0.3 is 0 Å². The second-order valence-electron chi connectivity index (χ2n) is 6.14. The number of halogens is 1. The van der Waals surface area contributed by atoms with Crippen LogP contribution < -0.4 is 20.7 Å². The van der Waals surface area contributed by atoms with E-state index in [1.54, 1.807) is 7.11 Å². The smallest absolute Gasteiger partial charge is 0.234 e. The van der Waals surface area contributed by atoms with E-state index in [-0.39, 0.29) is 17.9 Å². The Labute approximate surface area is 139 Å². The number of nitrogens with two attached hydrogens (primary N) is 1. The van der Waals surface area contributed by atoms with Crippen LogP contribution in [0.15, 0.2) is 6.07 Å². The van der Waals surface area contributed by atoms with Gasteiger partial charge in [-0.1, -0.05) is 11.6 Å². The van der Waals surface area contributed by atoms with Crippen molar-refractivity contribution in [1.82, 2.24) is 5.32 Å². The van der Waals surface area contributed by atoms with Gasteiger partial charge in [-0.3, -0.25) is 14.9 Å². The van der Waals surface area contributed by atoms with E-state index in [1.807, 2.05) is 13.0 Å². The summed E-state index contributed by atoms with van der Waals surface area (Å²) in [7, 11) is 1.56. The molecule has 0 bridgehead atoms. The first-order chi connectivity index (χ1) is 10.9. The fraction of sp³-hybridized carbons (Fsp3) is 0.500. The third kappa shape index (κ3) is 2.77. The summed E-state index contributed by atoms with van der Waals surface area (Å²) in [6.07, 6.45) is 0.777. The summed E-state index contributed by atoms with van der Waals surface area (Å²) in [6.45, 7) is 3.43. The second-order valence-corrected chi connectivity index (χ2v) is 6.52. The van der Waals surface area contributed by atoms with Crippen molar-refractivity contribution in [2.24, 2.45) is 5.73 Å². The van der Waals surface area contributed by atoms with Crippen molar-refractivity contribution in [3.05, 3.63) is 22.2 Å². The van der Waals surface area contributed by atoms with Gasteiger partial charge in [-0.2, -0.15) is 0 Å². The van der Waals surface area contributed by atoms with Crippen molar-refractivity contribution in [3.63, 3.8) is 0 Å². The Morgan fingerprint density at radius 2 is 2.09 bits per heavy atom. The molecule has 1 aromatic rings. The van der Waals surface area contributed by atoms with Gasteiger partial charge in [0.15, 0.2) is 5.75 Å². The molecule has 1 unspecified atom stereocenters. The number of rotatable bonds is 3. The summed E-state index contributed by atoms with van der Waals surface area (Å²) in [6, 6.07) is 2.14. The molecule has 3 N–H and O–H groups in total. The number of hydrogen-bond donors (Lipinski definition) is 2. The molecule has 2 aliphatic rings. The number of carbonyl (C=O) groups is 2. The molecule has 0 saturated carbocycles. The maximum atomic E-state index is 12.2. The number of piperidine rings is 1. The minimum Gasteiger partial charge on any atom is -0.493 e. The SMILES string of the molecule is COc1c(N2CC(N)C2)cc(C)c(C2CCC(=O)NC2=O)c1Cl. The van der Waals surface area contributed by atoms with Gasteiger partial charge in [-0.25, -0.2) is 0 Å². The number of ether oxygens (including phenoxy) is 1.